The Kier molecular flexibility index (Phi) is 4.13. The summed E-state index contributed by atoms with van der Waals surface area (Å²) in [7, 11) is 0. The third kappa shape index (κ3) is 3.18. The second-order valence-corrected chi connectivity index (χ2v) is 5.73. The predicted octanol–water partition coefficient (Wildman–Crippen LogP) is 4.38. The first-order valence-corrected chi connectivity index (χ1v) is 7.50. The third-order valence-corrected chi connectivity index (χ3v) is 4.10. The van der Waals surface area contributed by atoms with Gasteiger partial charge in [0.05, 0.1) is 5.56 Å². The Morgan fingerprint density at radius 2 is 1.75 bits per heavy atom. The highest BCUT2D eigenvalue weighted by Crippen LogP contribution is 2.33. The van der Waals surface area contributed by atoms with Crippen molar-refractivity contribution in [3.05, 3.63) is 77.1 Å². The zero-order chi connectivity index (χ0) is 17.3. The van der Waals surface area contributed by atoms with Gasteiger partial charge in [-0.05, 0) is 30.7 Å². The van der Waals surface area contributed by atoms with Crippen molar-refractivity contribution in [1.82, 2.24) is 10.2 Å². The number of aromatic hydroxyl groups is 1. The van der Waals surface area contributed by atoms with E-state index in [0.717, 1.165) is 29.0 Å². The quantitative estimate of drug-likeness (QED) is 0.874. The van der Waals surface area contributed by atoms with Gasteiger partial charge < -0.3 is 15.3 Å². The number of hydrogen-bond acceptors (Lipinski definition) is 3. The van der Waals surface area contributed by atoms with Crippen molar-refractivity contribution in [2.24, 2.45) is 0 Å². The number of nitrogens with zero attached hydrogens (tertiary/aromatic N) is 1. The SMILES string of the molecule is CC1=CNC(c2ccc(C(F)(F)F)cc2)N1Cc1ccccc1O. The summed E-state index contributed by atoms with van der Waals surface area (Å²) >= 11 is 0. The van der Waals surface area contributed by atoms with Crippen molar-refractivity contribution in [3.63, 3.8) is 0 Å². The van der Waals surface area contributed by atoms with E-state index in [4.69, 9.17) is 0 Å². The van der Waals surface area contributed by atoms with Crippen molar-refractivity contribution in [1.29, 1.82) is 0 Å². The van der Waals surface area contributed by atoms with Crippen molar-refractivity contribution in [3.8, 4) is 5.75 Å². The van der Waals surface area contributed by atoms with E-state index in [1.807, 2.05) is 30.2 Å². The summed E-state index contributed by atoms with van der Waals surface area (Å²) in [5, 5.41) is 13.1. The fraction of sp³-hybridized carbons (Fsp3) is 0.222. The standard InChI is InChI=1S/C18H17F3N2O/c1-12-10-22-17(13-6-8-15(9-7-13)18(19,20)21)23(12)11-14-4-2-3-5-16(14)24/h2-10,17,22,24H,11H2,1H3. The topological polar surface area (TPSA) is 35.5 Å². The van der Waals surface area contributed by atoms with E-state index in [2.05, 4.69) is 5.32 Å². The highest BCUT2D eigenvalue weighted by atomic mass is 19.4. The van der Waals surface area contributed by atoms with Crippen LogP contribution in [0.3, 0.4) is 0 Å². The zero-order valence-corrected chi connectivity index (χ0v) is 13.0. The molecule has 3 rings (SSSR count). The predicted molar refractivity (Wildman–Crippen MR) is 84.7 cm³/mol. The maximum absolute atomic E-state index is 12.7. The molecule has 1 heterocycles. The lowest BCUT2D eigenvalue weighted by Gasteiger charge is -2.29. The molecule has 0 aromatic heterocycles. The number of phenolic OH excluding ortho intramolecular Hbond substituents is 1. The summed E-state index contributed by atoms with van der Waals surface area (Å²) in [6.45, 7) is 2.37. The van der Waals surface area contributed by atoms with Gasteiger partial charge in [0, 0.05) is 24.0 Å². The molecule has 2 aromatic rings. The molecule has 0 saturated carbocycles. The first-order valence-electron chi connectivity index (χ1n) is 7.50. The number of halogens is 3. The average Bonchev–Trinajstić information content (AvgIpc) is 2.90. The van der Waals surface area contributed by atoms with Crippen LogP contribution >= 0.6 is 0 Å². The molecular formula is C18H17F3N2O. The first-order chi connectivity index (χ1) is 11.4. The molecule has 1 aliphatic heterocycles. The number of phenols is 1. The number of hydrogen-bond donors (Lipinski definition) is 2. The molecule has 0 radical (unpaired) electrons. The zero-order valence-electron chi connectivity index (χ0n) is 13.0. The number of benzene rings is 2. The van der Waals surface area contributed by atoms with E-state index in [1.165, 1.54) is 12.1 Å². The summed E-state index contributed by atoms with van der Waals surface area (Å²) in [5.41, 5.74) is 1.77. The Balaban J connectivity index is 1.84. The van der Waals surface area contributed by atoms with Gasteiger partial charge in [-0.2, -0.15) is 13.2 Å². The van der Waals surface area contributed by atoms with Crippen LogP contribution in [0.2, 0.25) is 0 Å². The van der Waals surface area contributed by atoms with Crippen LogP contribution in [0.15, 0.2) is 60.4 Å². The van der Waals surface area contributed by atoms with E-state index in [1.54, 1.807) is 12.1 Å². The van der Waals surface area contributed by atoms with Crippen LogP contribution < -0.4 is 5.32 Å². The van der Waals surface area contributed by atoms with Crippen molar-refractivity contribution < 1.29 is 18.3 Å². The van der Waals surface area contributed by atoms with E-state index >= 15 is 0 Å². The molecule has 24 heavy (non-hydrogen) atoms. The van der Waals surface area contributed by atoms with Crippen LogP contribution in [0.4, 0.5) is 13.2 Å². The molecular weight excluding hydrogens is 317 g/mol. The van der Waals surface area contributed by atoms with Gasteiger partial charge >= 0.3 is 6.18 Å². The first kappa shape index (κ1) is 16.2. The molecule has 1 unspecified atom stereocenters. The third-order valence-electron chi connectivity index (χ3n) is 4.10. The van der Waals surface area contributed by atoms with Crippen molar-refractivity contribution >= 4 is 0 Å². The number of nitrogens with one attached hydrogen (secondary N) is 1. The van der Waals surface area contributed by atoms with Crippen LogP contribution in [-0.2, 0) is 12.7 Å². The highest BCUT2D eigenvalue weighted by Gasteiger charge is 2.31. The lowest BCUT2D eigenvalue weighted by molar-refractivity contribution is -0.137. The summed E-state index contributed by atoms with van der Waals surface area (Å²) in [5.74, 6) is 0.198. The molecule has 3 nitrogen and oxygen atoms in total. The maximum Gasteiger partial charge on any atom is 0.416 e. The molecule has 1 aliphatic rings. The summed E-state index contributed by atoms with van der Waals surface area (Å²) in [6, 6.07) is 12.2. The minimum atomic E-state index is -4.34. The van der Waals surface area contributed by atoms with Crippen molar-refractivity contribution in [2.75, 3.05) is 0 Å². The molecule has 2 N–H and O–H groups in total. The molecule has 0 saturated heterocycles. The Labute approximate surface area is 138 Å². The Morgan fingerprint density at radius 1 is 1.08 bits per heavy atom. The van der Waals surface area contributed by atoms with E-state index in [9.17, 15) is 18.3 Å². The number of allylic oxidation sites excluding steroid dienone is 1. The Bertz CT molecular complexity index is 754. The summed E-state index contributed by atoms with van der Waals surface area (Å²) in [6.07, 6.45) is -2.79. The molecule has 1 atom stereocenters. The molecule has 0 fully saturated rings. The Morgan fingerprint density at radius 3 is 2.38 bits per heavy atom. The van der Waals surface area contributed by atoms with Gasteiger partial charge in [0.1, 0.15) is 11.9 Å². The lowest BCUT2D eigenvalue weighted by atomic mass is 10.1. The van der Waals surface area contributed by atoms with Crippen LogP contribution in [0, 0.1) is 0 Å². The van der Waals surface area contributed by atoms with E-state index in [-0.39, 0.29) is 11.9 Å². The molecule has 0 bridgehead atoms. The second kappa shape index (κ2) is 6.11. The monoisotopic (exact) mass is 334 g/mol. The Hall–Kier alpha value is -2.63. The molecule has 0 spiro atoms. The van der Waals surface area contributed by atoms with E-state index < -0.39 is 11.7 Å². The molecule has 0 amide bonds. The largest absolute Gasteiger partial charge is 0.508 e. The molecule has 0 aliphatic carbocycles. The molecule has 2 aromatic carbocycles. The normalized spacial score (nSPS) is 17.6. The number of para-hydroxylation sites is 1. The minimum absolute atomic E-state index is 0.198. The second-order valence-electron chi connectivity index (χ2n) is 5.73. The van der Waals surface area contributed by atoms with Gasteiger partial charge in [0.25, 0.3) is 0 Å². The van der Waals surface area contributed by atoms with Crippen LogP contribution in [-0.4, -0.2) is 10.0 Å². The summed E-state index contributed by atoms with van der Waals surface area (Å²) < 4.78 is 38.1. The van der Waals surface area contributed by atoms with Gasteiger partial charge in [-0.25, -0.2) is 0 Å². The van der Waals surface area contributed by atoms with Gasteiger partial charge in [-0.3, -0.25) is 0 Å². The minimum Gasteiger partial charge on any atom is -0.508 e. The smallest absolute Gasteiger partial charge is 0.416 e. The van der Waals surface area contributed by atoms with Crippen molar-refractivity contribution in [2.45, 2.75) is 25.8 Å². The molecule has 126 valence electrons. The van der Waals surface area contributed by atoms with Crippen LogP contribution in [0.25, 0.3) is 0 Å². The number of rotatable bonds is 3. The molecule has 6 heteroatoms. The van der Waals surface area contributed by atoms with Crippen LogP contribution in [0.1, 0.15) is 29.8 Å². The number of alkyl halides is 3. The van der Waals surface area contributed by atoms with Crippen LogP contribution in [0.5, 0.6) is 5.75 Å². The van der Waals surface area contributed by atoms with E-state index in [0.29, 0.717) is 6.54 Å². The average molecular weight is 334 g/mol. The van der Waals surface area contributed by atoms with Gasteiger partial charge in [0.15, 0.2) is 0 Å². The fourth-order valence-corrected chi connectivity index (χ4v) is 2.75. The summed E-state index contributed by atoms with van der Waals surface area (Å²) in [4.78, 5) is 2.00. The fourth-order valence-electron chi connectivity index (χ4n) is 2.75. The van der Waals surface area contributed by atoms with Gasteiger partial charge in [0.2, 0.25) is 0 Å². The van der Waals surface area contributed by atoms with Gasteiger partial charge in [-0.15, -0.1) is 0 Å². The van der Waals surface area contributed by atoms with Gasteiger partial charge in [-0.1, -0.05) is 30.3 Å². The maximum atomic E-state index is 12.7. The lowest BCUT2D eigenvalue weighted by Crippen LogP contribution is -2.28. The highest BCUT2D eigenvalue weighted by molar-refractivity contribution is 5.34.